The Labute approximate surface area is 134 Å². The maximum absolute atomic E-state index is 12.5. The van der Waals surface area contributed by atoms with Gasteiger partial charge in [-0.1, -0.05) is 11.6 Å². The van der Waals surface area contributed by atoms with E-state index in [9.17, 15) is 9.59 Å². The largest absolute Gasteiger partial charge is 0.355 e. The first kappa shape index (κ1) is 15.3. The summed E-state index contributed by atoms with van der Waals surface area (Å²) in [6.45, 7) is 1.96. The second kappa shape index (κ2) is 5.89. The van der Waals surface area contributed by atoms with Crippen molar-refractivity contribution in [2.75, 3.05) is 25.5 Å². The number of nitrogens with one attached hydrogen (secondary N) is 3. The van der Waals surface area contributed by atoms with Gasteiger partial charge in [0.2, 0.25) is 5.91 Å². The second-order valence-electron chi connectivity index (χ2n) is 6.13. The SMILES string of the molecule is CNC(=O)c1cc(Cl)ccc1NC(=O)C1CC12CCNCC2. The lowest BCUT2D eigenvalue weighted by Gasteiger charge is -2.23. The van der Waals surface area contributed by atoms with E-state index in [1.807, 2.05) is 0 Å². The molecule has 1 spiro atoms. The van der Waals surface area contributed by atoms with Crippen LogP contribution < -0.4 is 16.0 Å². The van der Waals surface area contributed by atoms with Crippen LogP contribution in [0, 0.1) is 11.3 Å². The smallest absolute Gasteiger partial charge is 0.253 e. The van der Waals surface area contributed by atoms with Gasteiger partial charge in [-0.2, -0.15) is 0 Å². The molecule has 1 atom stereocenters. The molecule has 1 unspecified atom stereocenters. The van der Waals surface area contributed by atoms with E-state index >= 15 is 0 Å². The predicted octanol–water partition coefficient (Wildman–Crippen LogP) is 2.03. The third-order valence-corrected chi connectivity index (χ3v) is 5.05. The average Bonchev–Trinajstić information content (AvgIpc) is 3.22. The molecule has 0 bridgehead atoms. The van der Waals surface area contributed by atoms with Crippen molar-refractivity contribution in [1.29, 1.82) is 0 Å². The van der Waals surface area contributed by atoms with Crippen molar-refractivity contribution in [3.63, 3.8) is 0 Å². The van der Waals surface area contributed by atoms with Crippen molar-refractivity contribution in [2.45, 2.75) is 19.3 Å². The van der Waals surface area contributed by atoms with Crippen LogP contribution in [0.15, 0.2) is 18.2 Å². The van der Waals surface area contributed by atoms with Gasteiger partial charge in [-0.05, 0) is 56.0 Å². The van der Waals surface area contributed by atoms with Gasteiger partial charge in [0.1, 0.15) is 0 Å². The van der Waals surface area contributed by atoms with E-state index in [4.69, 9.17) is 11.6 Å². The minimum absolute atomic E-state index is 0.00868. The number of amides is 2. The number of halogens is 1. The number of hydrogen-bond acceptors (Lipinski definition) is 3. The molecule has 0 radical (unpaired) electrons. The fraction of sp³-hybridized carbons (Fsp3) is 0.500. The number of anilines is 1. The summed E-state index contributed by atoms with van der Waals surface area (Å²) in [6, 6.07) is 4.93. The molecular weight excluding hydrogens is 302 g/mol. The Balaban J connectivity index is 1.73. The van der Waals surface area contributed by atoms with Crippen LogP contribution >= 0.6 is 11.6 Å². The van der Waals surface area contributed by atoms with E-state index in [1.165, 1.54) is 0 Å². The third-order valence-electron chi connectivity index (χ3n) is 4.82. The average molecular weight is 322 g/mol. The summed E-state index contributed by atoms with van der Waals surface area (Å²) in [5.41, 5.74) is 1.09. The number of hydrogen-bond donors (Lipinski definition) is 3. The molecule has 1 heterocycles. The molecule has 22 heavy (non-hydrogen) atoms. The molecule has 1 saturated heterocycles. The zero-order valence-corrected chi connectivity index (χ0v) is 13.3. The molecule has 2 fully saturated rings. The van der Waals surface area contributed by atoms with E-state index in [0.717, 1.165) is 32.4 Å². The van der Waals surface area contributed by atoms with Crippen LogP contribution in [-0.2, 0) is 4.79 Å². The highest BCUT2D eigenvalue weighted by Crippen LogP contribution is 2.58. The summed E-state index contributed by atoms with van der Waals surface area (Å²) in [7, 11) is 1.56. The maximum atomic E-state index is 12.5. The van der Waals surface area contributed by atoms with Crippen LogP contribution in [0.4, 0.5) is 5.69 Å². The summed E-state index contributed by atoms with van der Waals surface area (Å²) in [6.07, 6.45) is 3.05. The highest BCUT2D eigenvalue weighted by molar-refractivity contribution is 6.31. The Bertz CT molecular complexity index is 611. The fourth-order valence-electron chi connectivity index (χ4n) is 3.36. The van der Waals surface area contributed by atoms with Crippen molar-refractivity contribution < 1.29 is 9.59 Å². The van der Waals surface area contributed by atoms with Crippen LogP contribution in [0.5, 0.6) is 0 Å². The van der Waals surface area contributed by atoms with Crippen LogP contribution in [0.3, 0.4) is 0 Å². The second-order valence-corrected chi connectivity index (χ2v) is 6.56. The van der Waals surface area contributed by atoms with E-state index < -0.39 is 0 Å². The molecule has 1 aromatic carbocycles. The molecule has 1 aliphatic carbocycles. The van der Waals surface area contributed by atoms with Crippen LogP contribution in [0.2, 0.25) is 5.02 Å². The molecule has 2 amide bonds. The lowest BCUT2D eigenvalue weighted by Crippen LogP contribution is -2.32. The lowest BCUT2D eigenvalue weighted by atomic mass is 9.91. The molecule has 5 nitrogen and oxygen atoms in total. The summed E-state index contributed by atoms with van der Waals surface area (Å²) in [5, 5.41) is 9.27. The number of benzene rings is 1. The molecule has 6 heteroatoms. The minimum Gasteiger partial charge on any atom is -0.355 e. The van der Waals surface area contributed by atoms with Gasteiger partial charge < -0.3 is 16.0 Å². The summed E-state index contributed by atoms with van der Waals surface area (Å²) >= 11 is 5.95. The topological polar surface area (TPSA) is 70.2 Å². The van der Waals surface area contributed by atoms with E-state index in [-0.39, 0.29) is 23.1 Å². The van der Waals surface area contributed by atoms with Gasteiger partial charge in [-0.15, -0.1) is 0 Å². The monoisotopic (exact) mass is 321 g/mol. The Morgan fingerprint density at radius 3 is 2.73 bits per heavy atom. The van der Waals surface area contributed by atoms with Gasteiger partial charge in [0, 0.05) is 18.0 Å². The number of carbonyl (C=O) groups is 2. The van der Waals surface area contributed by atoms with Gasteiger partial charge in [-0.3, -0.25) is 9.59 Å². The summed E-state index contributed by atoms with van der Waals surface area (Å²) in [5.74, 6) is -0.192. The molecule has 1 aromatic rings. The maximum Gasteiger partial charge on any atom is 0.253 e. The standard InChI is InChI=1S/C16H20ClN3O2/c1-18-14(21)11-8-10(17)2-3-13(11)20-15(22)12-9-16(12)4-6-19-7-5-16/h2-3,8,12,19H,4-7,9H2,1H3,(H,18,21)(H,20,22). The Kier molecular flexibility index (Phi) is 4.10. The van der Waals surface area contributed by atoms with Crippen LogP contribution in [-0.4, -0.2) is 32.0 Å². The highest BCUT2D eigenvalue weighted by atomic mass is 35.5. The van der Waals surface area contributed by atoms with Crippen molar-refractivity contribution in [3.05, 3.63) is 28.8 Å². The minimum atomic E-state index is -0.259. The van der Waals surface area contributed by atoms with Gasteiger partial charge in [-0.25, -0.2) is 0 Å². The highest BCUT2D eigenvalue weighted by Gasteiger charge is 2.57. The van der Waals surface area contributed by atoms with Gasteiger partial charge >= 0.3 is 0 Å². The molecule has 0 aromatic heterocycles. The van der Waals surface area contributed by atoms with E-state index in [0.29, 0.717) is 16.3 Å². The lowest BCUT2D eigenvalue weighted by molar-refractivity contribution is -0.118. The van der Waals surface area contributed by atoms with Crippen molar-refractivity contribution >= 4 is 29.1 Å². The number of piperidine rings is 1. The molecule has 118 valence electrons. The first-order valence-corrected chi connectivity index (χ1v) is 7.97. The molecule has 3 rings (SSSR count). The molecule has 1 aliphatic heterocycles. The number of rotatable bonds is 3. The zero-order valence-electron chi connectivity index (χ0n) is 12.5. The quantitative estimate of drug-likeness (QED) is 0.798. The Hall–Kier alpha value is -1.59. The molecule has 2 aliphatic rings. The number of carbonyl (C=O) groups excluding carboxylic acids is 2. The molecular formula is C16H20ClN3O2. The van der Waals surface area contributed by atoms with Gasteiger partial charge in [0.25, 0.3) is 5.91 Å². The third kappa shape index (κ3) is 2.83. The fourth-order valence-corrected chi connectivity index (χ4v) is 3.54. The first-order chi connectivity index (χ1) is 10.6. The van der Waals surface area contributed by atoms with Crippen molar-refractivity contribution in [3.8, 4) is 0 Å². The predicted molar refractivity (Wildman–Crippen MR) is 86.1 cm³/mol. The van der Waals surface area contributed by atoms with E-state index in [2.05, 4.69) is 16.0 Å². The Morgan fingerprint density at radius 1 is 1.32 bits per heavy atom. The molecule has 1 saturated carbocycles. The Morgan fingerprint density at radius 2 is 2.05 bits per heavy atom. The van der Waals surface area contributed by atoms with Crippen molar-refractivity contribution in [2.24, 2.45) is 11.3 Å². The van der Waals surface area contributed by atoms with Crippen molar-refractivity contribution in [1.82, 2.24) is 10.6 Å². The first-order valence-electron chi connectivity index (χ1n) is 7.59. The normalized spacial score (nSPS) is 22.2. The van der Waals surface area contributed by atoms with Gasteiger partial charge in [0.15, 0.2) is 0 Å². The zero-order chi connectivity index (χ0) is 15.7. The van der Waals surface area contributed by atoms with Crippen LogP contribution in [0.1, 0.15) is 29.6 Å². The summed E-state index contributed by atoms with van der Waals surface area (Å²) in [4.78, 5) is 24.4. The molecule has 3 N–H and O–H groups in total. The summed E-state index contributed by atoms with van der Waals surface area (Å²) < 4.78 is 0. The van der Waals surface area contributed by atoms with E-state index in [1.54, 1.807) is 25.2 Å². The van der Waals surface area contributed by atoms with Crippen LogP contribution in [0.25, 0.3) is 0 Å². The van der Waals surface area contributed by atoms with Gasteiger partial charge in [0.05, 0.1) is 11.3 Å².